The number of nitrogens with zero attached hydrogens (tertiary/aromatic N) is 3. The molecule has 2 aromatic heterocycles. The van der Waals surface area contributed by atoms with Gasteiger partial charge in [0, 0.05) is 23.6 Å². The first-order chi connectivity index (χ1) is 14.3. The van der Waals surface area contributed by atoms with Gasteiger partial charge in [-0.15, -0.1) is 11.3 Å². The van der Waals surface area contributed by atoms with Crippen LogP contribution < -0.4 is 15.4 Å². The third-order valence-electron chi connectivity index (χ3n) is 4.28. The second kappa shape index (κ2) is 8.15. The van der Waals surface area contributed by atoms with Gasteiger partial charge >= 0.3 is 12.2 Å². The van der Waals surface area contributed by atoms with Crippen LogP contribution in [0.5, 0.6) is 5.75 Å². The highest BCUT2D eigenvalue weighted by Crippen LogP contribution is 2.37. The zero-order chi connectivity index (χ0) is 21.3. The number of fused-ring (bicyclic) bond motifs is 1. The number of para-hydroxylation sites is 1. The van der Waals surface area contributed by atoms with Gasteiger partial charge < -0.3 is 10.1 Å². The number of carbonyl (C=O) groups is 1. The van der Waals surface area contributed by atoms with Gasteiger partial charge in [-0.05, 0) is 12.1 Å². The maximum atomic E-state index is 12.5. The maximum Gasteiger partial charge on any atom is 0.408 e. The fourth-order valence-corrected chi connectivity index (χ4v) is 4.00. The van der Waals surface area contributed by atoms with Crippen molar-refractivity contribution in [1.82, 2.24) is 20.1 Å². The van der Waals surface area contributed by atoms with E-state index in [-0.39, 0.29) is 11.9 Å². The Labute approximate surface area is 177 Å². The molecule has 0 radical (unpaired) electrons. The monoisotopic (exact) mass is 457 g/mol. The number of carbonyl (C=O) groups excluding carboxylic acids is 1. The topological polar surface area (TPSA) is 81.1 Å². The first kappa shape index (κ1) is 20.5. The Balaban J connectivity index is 1.40. The number of urea groups is 1. The van der Waals surface area contributed by atoms with Crippen LogP contribution in [-0.4, -0.2) is 33.6 Å². The highest BCUT2D eigenvalue weighted by atomic mass is 35.5. The van der Waals surface area contributed by atoms with Gasteiger partial charge in [-0.1, -0.05) is 23.7 Å². The Morgan fingerprint density at radius 2 is 2.20 bits per heavy atom. The van der Waals surface area contributed by atoms with Gasteiger partial charge in [0.15, 0.2) is 0 Å². The van der Waals surface area contributed by atoms with Crippen molar-refractivity contribution in [1.29, 1.82) is 0 Å². The number of amides is 2. The molecule has 0 unspecified atom stereocenters. The second-order valence-electron chi connectivity index (χ2n) is 6.50. The quantitative estimate of drug-likeness (QED) is 0.586. The Hall–Kier alpha value is -2.79. The van der Waals surface area contributed by atoms with E-state index in [2.05, 4.69) is 20.7 Å². The summed E-state index contributed by atoms with van der Waals surface area (Å²) in [6.07, 6.45) is -2.54. The summed E-state index contributed by atoms with van der Waals surface area (Å²) in [7, 11) is 0. The van der Waals surface area contributed by atoms with Crippen LogP contribution in [0.3, 0.4) is 0 Å². The molecule has 30 heavy (non-hydrogen) atoms. The SMILES string of the molecule is O=C(Nc1csc(-c2ccn(CC(F)(F)F)n2)n1)N[C@H]1CCOc2c(Cl)cccc21. The molecule has 3 aromatic rings. The van der Waals surface area contributed by atoms with E-state index in [0.717, 1.165) is 21.6 Å². The Bertz CT molecular complexity index is 1070. The normalized spacial score (nSPS) is 15.9. The minimum absolute atomic E-state index is 0.274. The standard InChI is InChI=1S/C18H15ClF3N5O2S/c19-11-3-1-2-10-12(5-7-29-15(10)11)23-17(28)25-14-8-30-16(24-14)13-4-6-27(26-13)9-18(20,21)22/h1-4,6,8,12H,5,7,9H2,(H2,23,25,28)/t12-/m0/s1. The van der Waals surface area contributed by atoms with Gasteiger partial charge in [-0.3, -0.25) is 10.00 Å². The number of rotatable bonds is 4. The van der Waals surface area contributed by atoms with Crippen molar-refractivity contribution in [3.63, 3.8) is 0 Å². The summed E-state index contributed by atoms with van der Waals surface area (Å²) < 4.78 is 43.8. The van der Waals surface area contributed by atoms with Crippen LogP contribution in [0.25, 0.3) is 10.7 Å². The smallest absolute Gasteiger partial charge is 0.408 e. The van der Waals surface area contributed by atoms with E-state index in [9.17, 15) is 18.0 Å². The Morgan fingerprint density at radius 1 is 1.37 bits per heavy atom. The molecule has 1 aliphatic heterocycles. The molecule has 1 aliphatic rings. The van der Waals surface area contributed by atoms with Crippen LogP contribution in [0.1, 0.15) is 18.0 Å². The third kappa shape index (κ3) is 4.68. The summed E-state index contributed by atoms with van der Waals surface area (Å²) in [5, 5.41) is 11.8. The van der Waals surface area contributed by atoms with Crippen molar-refractivity contribution in [3.8, 4) is 16.5 Å². The molecule has 4 rings (SSSR count). The van der Waals surface area contributed by atoms with Crippen molar-refractivity contribution < 1.29 is 22.7 Å². The Kier molecular flexibility index (Phi) is 5.56. The van der Waals surface area contributed by atoms with Crippen LogP contribution in [0.2, 0.25) is 5.02 Å². The predicted molar refractivity (Wildman–Crippen MR) is 106 cm³/mol. The fraction of sp³-hybridized carbons (Fsp3) is 0.278. The number of hydrogen-bond acceptors (Lipinski definition) is 5. The largest absolute Gasteiger partial charge is 0.492 e. The van der Waals surface area contributed by atoms with Gasteiger partial charge in [0.25, 0.3) is 0 Å². The van der Waals surface area contributed by atoms with Crippen molar-refractivity contribution in [2.75, 3.05) is 11.9 Å². The second-order valence-corrected chi connectivity index (χ2v) is 7.76. The summed E-state index contributed by atoms with van der Waals surface area (Å²) in [5.74, 6) is 0.831. The van der Waals surface area contributed by atoms with E-state index in [0.29, 0.717) is 34.5 Å². The van der Waals surface area contributed by atoms with Gasteiger partial charge in [0.2, 0.25) is 0 Å². The van der Waals surface area contributed by atoms with Gasteiger partial charge in [-0.25, -0.2) is 9.78 Å². The molecule has 0 fully saturated rings. The minimum Gasteiger partial charge on any atom is -0.492 e. The summed E-state index contributed by atoms with van der Waals surface area (Å²) in [4.78, 5) is 16.6. The van der Waals surface area contributed by atoms with Crippen molar-refractivity contribution in [2.24, 2.45) is 0 Å². The Morgan fingerprint density at radius 3 is 3.00 bits per heavy atom. The van der Waals surface area contributed by atoms with E-state index >= 15 is 0 Å². The molecule has 0 aliphatic carbocycles. The first-order valence-electron chi connectivity index (χ1n) is 8.83. The molecular formula is C18H15ClF3N5O2S. The lowest BCUT2D eigenvalue weighted by Gasteiger charge is -2.27. The first-order valence-corrected chi connectivity index (χ1v) is 10.1. The van der Waals surface area contributed by atoms with E-state index in [1.54, 1.807) is 17.5 Å². The molecule has 1 aromatic carbocycles. The zero-order valence-corrected chi connectivity index (χ0v) is 16.8. The van der Waals surface area contributed by atoms with Crippen LogP contribution >= 0.6 is 22.9 Å². The predicted octanol–water partition coefficient (Wildman–Crippen LogP) is 4.87. The van der Waals surface area contributed by atoms with Gasteiger partial charge in [-0.2, -0.15) is 18.3 Å². The zero-order valence-electron chi connectivity index (χ0n) is 15.2. The fourth-order valence-electron chi connectivity index (χ4n) is 3.04. The lowest BCUT2D eigenvalue weighted by Crippen LogP contribution is -2.35. The van der Waals surface area contributed by atoms with Gasteiger partial charge in [0.1, 0.15) is 28.8 Å². The summed E-state index contributed by atoms with van der Waals surface area (Å²) in [5.41, 5.74) is 1.09. The third-order valence-corrected chi connectivity index (χ3v) is 5.44. The number of benzene rings is 1. The molecule has 3 heterocycles. The number of nitrogens with one attached hydrogen (secondary N) is 2. The van der Waals surface area contributed by atoms with Gasteiger partial charge in [0.05, 0.1) is 17.7 Å². The lowest BCUT2D eigenvalue weighted by molar-refractivity contribution is -0.142. The average molecular weight is 458 g/mol. The van der Waals surface area contributed by atoms with Crippen molar-refractivity contribution in [2.45, 2.75) is 25.2 Å². The molecule has 1 atom stereocenters. The molecule has 0 saturated heterocycles. The van der Waals surface area contributed by atoms with E-state index < -0.39 is 18.8 Å². The number of alkyl halides is 3. The van der Waals surface area contributed by atoms with Crippen LogP contribution in [0, 0.1) is 0 Å². The molecular weight excluding hydrogens is 443 g/mol. The molecule has 158 valence electrons. The van der Waals surface area contributed by atoms with Crippen LogP contribution in [0.4, 0.5) is 23.8 Å². The lowest BCUT2D eigenvalue weighted by atomic mass is 10.0. The van der Waals surface area contributed by atoms with Crippen LogP contribution in [-0.2, 0) is 6.54 Å². The number of anilines is 1. The molecule has 0 bridgehead atoms. The molecule has 0 saturated carbocycles. The highest BCUT2D eigenvalue weighted by molar-refractivity contribution is 7.13. The van der Waals surface area contributed by atoms with E-state index in [4.69, 9.17) is 16.3 Å². The van der Waals surface area contributed by atoms with Crippen molar-refractivity contribution >= 4 is 34.8 Å². The van der Waals surface area contributed by atoms with Crippen LogP contribution in [0.15, 0.2) is 35.8 Å². The molecule has 0 spiro atoms. The number of hydrogen-bond donors (Lipinski definition) is 2. The minimum atomic E-state index is -4.36. The summed E-state index contributed by atoms with van der Waals surface area (Å²) >= 11 is 7.30. The number of aromatic nitrogens is 3. The summed E-state index contributed by atoms with van der Waals surface area (Å²) in [6.45, 7) is -0.758. The molecule has 2 N–H and O–H groups in total. The number of thiazole rings is 1. The van der Waals surface area contributed by atoms with E-state index in [1.165, 1.54) is 12.3 Å². The average Bonchev–Trinajstić information content (AvgIpc) is 3.30. The van der Waals surface area contributed by atoms with Crippen molar-refractivity contribution in [3.05, 3.63) is 46.4 Å². The summed E-state index contributed by atoms with van der Waals surface area (Å²) in [6, 6.07) is 6.04. The molecule has 12 heteroatoms. The highest BCUT2D eigenvalue weighted by Gasteiger charge is 2.28. The number of ether oxygens (including phenoxy) is 1. The molecule has 2 amide bonds. The molecule has 7 nitrogen and oxygen atoms in total. The van der Waals surface area contributed by atoms with E-state index in [1.807, 2.05) is 6.07 Å². The number of halogens is 4. The maximum absolute atomic E-state index is 12.5.